The number of H-pyrrole nitrogens is 1. The van der Waals surface area contributed by atoms with Gasteiger partial charge in [-0.15, -0.1) is 0 Å². The monoisotopic (exact) mass is 243 g/mol. The van der Waals surface area contributed by atoms with Crippen LogP contribution in [0.4, 0.5) is 5.95 Å². The van der Waals surface area contributed by atoms with Crippen LogP contribution in [0.3, 0.4) is 0 Å². The van der Waals surface area contributed by atoms with E-state index in [1.807, 2.05) is 30.3 Å². The summed E-state index contributed by atoms with van der Waals surface area (Å²) in [5, 5.41) is 0.788. The van der Waals surface area contributed by atoms with Crippen LogP contribution < -0.4 is 5.73 Å². The van der Waals surface area contributed by atoms with Crippen molar-refractivity contribution in [3.05, 3.63) is 36.7 Å². The van der Waals surface area contributed by atoms with Gasteiger partial charge in [-0.25, -0.2) is 9.97 Å². The quantitative estimate of drug-likeness (QED) is 0.673. The van der Waals surface area contributed by atoms with Crippen molar-refractivity contribution >= 4 is 28.9 Å². The number of benzene rings is 1. The number of imidazole rings is 1. The molecule has 3 rings (SSSR count). The second-order valence-corrected chi connectivity index (χ2v) is 4.47. The lowest BCUT2D eigenvalue weighted by Gasteiger charge is -2.02. The first-order chi connectivity index (χ1) is 8.33. The zero-order chi connectivity index (χ0) is 11.7. The van der Waals surface area contributed by atoms with Crippen molar-refractivity contribution in [3.63, 3.8) is 0 Å². The number of rotatable bonds is 2. The second-order valence-electron chi connectivity index (χ2n) is 3.40. The molecule has 0 spiro atoms. The van der Waals surface area contributed by atoms with Crippen LogP contribution in [0.25, 0.3) is 11.2 Å². The zero-order valence-electron chi connectivity index (χ0n) is 8.79. The second kappa shape index (κ2) is 4.06. The largest absolute Gasteiger partial charge is 0.368 e. The number of nitrogens with one attached hydrogen (secondary N) is 1. The predicted octanol–water partition coefficient (Wildman–Crippen LogP) is 2.09. The molecule has 5 nitrogen and oxygen atoms in total. The van der Waals surface area contributed by atoms with Crippen molar-refractivity contribution in [2.45, 2.75) is 9.92 Å². The highest BCUT2D eigenvalue weighted by molar-refractivity contribution is 7.99. The molecule has 17 heavy (non-hydrogen) atoms. The van der Waals surface area contributed by atoms with Gasteiger partial charge >= 0.3 is 0 Å². The number of hydrogen-bond acceptors (Lipinski definition) is 5. The summed E-state index contributed by atoms with van der Waals surface area (Å²) in [5.41, 5.74) is 7.05. The summed E-state index contributed by atoms with van der Waals surface area (Å²) in [7, 11) is 0. The van der Waals surface area contributed by atoms with Crippen LogP contribution in [0.1, 0.15) is 0 Å². The van der Waals surface area contributed by atoms with Gasteiger partial charge in [0.05, 0.1) is 6.33 Å². The van der Waals surface area contributed by atoms with Gasteiger partial charge in [0.2, 0.25) is 5.95 Å². The smallest absolute Gasteiger partial charge is 0.223 e. The van der Waals surface area contributed by atoms with Crippen LogP contribution >= 0.6 is 11.8 Å². The Hall–Kier alpha value is -2.08. The van der Waals surface area contributed by atoms with E-state index in [0.717, 1.165) is 15.4 Å². The van der Waals surface area contributed by atoms with E-state index in [2.05, 4.69) is 19.9 Å². The topological polar surface area (TPSA) is 80.5 Å². The molecule has 3 N–H and O–H groups in total. The van der Waals surface area contributed by atoms with Gasteiger partial charge in [0.15, 0.2) is 5.65 Å². The average molecular weight is 243 g/mol. The van der Waals surface area contributed by atoms with Gasteiger partial charge in [0.1, 0.15) is 10.5 Å². The summed E-state index contributed by atoms with van der Waals surface area (Å²) in [4.78, 5) is 16.5. The molecule has 0 aliphatic heterocycles. The number of aromatic nitrogens is 4. The van der Waals surface area contributed by atoms with Gasteiger partial charge < -0.3 is 10.7 Å². The van der Waals surface area contributed by atoms with E-state index in [1.165, 1.54) is 11.8 Å². The lowest BCUT2D eigenvalue weighted by atomic mass is 10.4. The average Bonchev–Trinajstić information content (AvgIpc) is 2.78. The van der Waals surface area contributed by atoms with Crippen molar-refractivity contribution in [2.75, 3.05) is 5.73 Å². The van der Waals surface area contributed by atoms with E-state index in [-0.39, 0.29) is 5.95 Å². The summed E-state index contributed by atoms with van der Waals surface area (Å²) in [6.07, 6.45) is 1.59. The molecule has 0 fully saturated rings. The van der Waals surface area contributed by atoms with Crippen LogP contribution in [0, 0.1) is 0 Å². The fourth-order valence-electron chi connectivity index (χ4n) is 1.50. The molecule has 0 unspecified atom stereocenters. The SMILES string of the molecule is Nc1nc(Sc2ccccc2)c2[nH]cnc2n1. The molecule has 0 bridgehead atoms. The number of nitrogens with two attached hydrogens (primary N) is 1. The van der Waals surface area contributed by atoms with Gasteiger partial charge in [-0.1, -0.05) is 30.0 Å². The molecular formula is C11H9N5S. The van der Waals surface area contributed by atoms with Crippen LogP contribution in [-0.4, -0.2) is 19.9 Å². The first-order valence-corrected chi connectivity index (χ1v) is 5.84. The minimum absolute atomic E-state index is 0.239. The van der Waals surface area contributed by atoms with Crippen LogP contribution in [-0.2, 0) is 0 Å². The molecule has 0 amide bonds. The Morgan fingerprint density at radius 1 is 1.12 bits per heavy atom. The zero-order valence-corrected chi connectivity index (χ0v) is 9.61. The maximum Gasteiger partial charge on any atom is 0.223 e. The first kappa shape index (κ1) is 10.1. The van der Waals surface area contributed by atoms with Crippen molar-refractivity contribution in [1.82, 2.24) is 19.9 Å². The van der Waals surface area contributed by atoms with E-state index in [0.29, 0.717) is 5.65 Å². The van der Waals surface area contributed by atoms with Gasteiger partial charge in [0, 0.05) is 4.90 Å². The third kappa shape index (κ3) is 1.94. The molecule has 84 valence electrons. The maximum absolute atomic E-state index is 5.65. The molecule has 0 radical (unpaired) electrons. The Labute approximate surface area is 102 Å². The highest BCUT2D eigenvalue weighted by Crippen LogP contribution is 2.30. The molecule has 0 atom stereocenters. The summed E-state index contributed by atoms with van der Waals surface area (Å²) in [6.45, 7) is 0. The minimum atomic E-state index is 0.239. The van der Waals surface area contributed by atoms with Crippen LogP contribution in [0.2, 0.25) is 0 Å². The molecule has 3 aromatic rings. The van der Waals surface area contributed by atoms with E-state index in [4.69, 9.17) is 5.73 Å². The fraction of sp³-hybridized carbons (Fsp3) is 0. The normalized spacial score (nSPS) is 10.8. The first-order valence-electron chi connectivity index (χ1n) is 5.02. The van der Waals surface area contributed by atoms with Crippen molar-refractivity contribution in [1.29, 1.82) is 0 Å². The van der Waals surface area contributed by atoms with Gasteiger partial charge in [-0.2, -0.15) is 4.98 Å². The van der Waals surface area contributed by atoms with Gasteiger partial charge in [-0.05, 0) is 12.1 Å². The Morgan fingerprint density at radius 2 is 1.94 bits per heavy atom. The van der Waals surface area contributed by atoms with Crippen LogP contribution in [0.5, 0.6) is 0 Å². The summed E-state index contributed by atoms with van der Waals surface area (Å²) in [5.74, 6) is 0.239. The number of aromatic amines is 1. The summed E-state index contributed by atoms with van der Waals surface area (Å²) in [6, 6.07) is 9.98. The van der Waals surface area contributed by atoms with E-state index in [9.17, 15) is 0 Å². The molecule has 0 aliphatic rings. The molecular weight excluding hydrogens is 234 g/mol. The Bertz CT molecular complexity index is 649. The number of nitrogens with zero attached hydrogens (tertiary/aromatic N) is 3. The number of fused-ring (bicyclic) bond motifs is 1. The molecule has 2 heterocycles. The Balaban J connectivity index is 2.08. The highest BCUT2D eigenvalue weighted by atomic mass is 32.2. The molecule has 0 saturated carbocycles. The third-order valence-corrected chi connectivity index (χ3v) is 3.22. The van der Waals surface area contributed by atoms with E-state index >= 15 is 0 Å². The van der Waals surface area contributed by atoms with Crippen molar-refractivity contribution < 1.29 is 0 Å². The van der Waals surface area contributed by atoms with Crippen molar-refractivity contribution in [2.24, 2.45) is 0 Å². The lowest BCUT2D eigenvalue weighted by Crippen LogP contribution is -1.96. The third-order valence-electron chi connectivity index (χ3n) is 2.23. The summed E-state index contributed by atoms with van der Waals surface area (Å²) >= 11 is 1.53. The van der Waals surface area contributed by atoms with E-state index < -0.39 is 0 Å². The molecule has 2 aromatic heterocycles. The minimum Gasteiger partial charge on any atom is -0.368 e. The van der Waals surface area contributed by atoms with Crippen molar-refractivity contribution in [3.8, 4) is 0 Å². The number of nitrogen functional groups attached to an aromatic ring is 1. The lowest BCUT2D eigenvalue weighted by molar-refractivity contribution is 1.10. The van der Waals surface area contributed by atoms with Crippen LogP contribution in [0.15, 0.2) is 46.6 Å². The molecule has 0 saturated heterocycles. The molecule has 6 heteroatoms. The standard InChI is InChI=1S/C11H9N5S/c12-11-15-9-8(13-6-14-9)10(16-11)17-7-4-2-1-3-5-7/h1-6H,(H3,12,13,14,15,16). The predicted molar refractivity (Wildman–Crippen MR) is 66.7 cm³/mol. The van der Waals surface area contributed by atoms with Gasteiger partial charge in [-0.3, -0.25) is 0 Å². The van der Waals surface area contributed by atoms with E-state index in [1.54, 1.807) is 6.33 Å². The Kier molecular flexibility index (Phi) is 2.41. The number of anilines is 1. The fourth-order valence-corrected chi connectivity index (χ4v) is 2.40. The molecule has 1 aromatic carbocycles. The maximum atomic E-state index is 5.65. The Morgan fingerprint density at radius 3 is 2.76 bits per heavy atom. The number of hydrogen-bond donors (Lipinski definition) is 2. The van der Waals surface area contributed by atoms with Gasteiger partial charge in [0.25, 0.3) is 0 Å². The highest BCUT2D eigenvalue weighted by Gasteiger charge is 2.09. The summed E-state index contributed by atoms with van der Waals surface area (Å²) < 4.78 is 0. The molecule has 0 aliphatic carbocycles.